The Morgan fingerprint density at radius 2 is 1.88 bits per heavy atom. The first-order valence-corrected chi connectivity index (χ1v) is 9.69. The molecule has 1 saturated heterocycles. The molecule has 144 valence electrons. The number of aryl methyl sites for hydroxylation is 1. The minimum atomic E-state index is -0.535. The molecule has 0 aromatic carbocycles. The van der Waals surface area contributed by atoms with Crippen molar-refractivity contribution in [2.24, 2.45) is 0 Å². The zero-order chi connectivity index (χ0) is 18.4. The standard InChI is InChI=1S/C18H29N5O3/c1-14(24)21-18(8-4-2-3-5-9-18)17-20-15(26-22-17)6-7-16(25)23-12-10-19-11-13-23/h19H,2-13H2,1H3,(H,21,24). The number of aromatic nitrogens is 2. The summed E-state index contributed by atoms with van der Waals surface area (Å²) in [6.45, 7) is 4.71. The molecule has 1 aliphatic heterocycles. The molecule has 8 heteroatoms. The first-order valence-electron chi connectivity index (χ1n) is 9.69. The summed E-state index contributed by atoms with van der Waals surface area (Å²) in [6.07, 6.45) is 6.84. The molecule has 3 rings (SSSR count). The third kappa shape index (κ3) is 4.60. The van der Waals surface area contributed by atoms with Crippen molar-refractivity contribution in [1.29, 1.82) is 0 Å². The summed E-state index contributed by atoms with van der Waals surface area (Å²) in [5, 5.41) is 10.5. The predicted octanol–water partition coefficient (Wildman–Crippen LogP) is 1.12. The van der Waals surface area contributed by atoms with Gasteiger partial charge >= 0.3 is 0 Å². The molecule has 2 heterocycles. The van der Waals surface area contributed by atoms with E-state index in [2.05, 4.69) is 20.8 Å². The number of nitrogens with zero attached hydrogens (tertiary/aromatic N) is 3. The third-order valence-corrected chi connectivity index (χ3v) is 5.29. The predicted molar refractivity (Wildman–Crippen MR) is 95.3 cm³/mol. The van der Waals surface area contributed by atoms with Gasteiger partial charge in [0.15, 0.2) is 5.82 Å². The lowest BCUT2D eigenvalue weighted by Crippen LogP contribution is -2.46. The normalized spacial score (nSPS) is 20.4. The van der Waals surface area contributed by atoms with E-state index in [-0.39, 0.29) is 11.8 Å². The lowest BCUT2D eigenvalue weighted by atomic mass is 9.89. The van der Waals surface area contributed by atoms with Gasteiger partial charge in [-0.05, 0) is 12.8 Å². The molecule has 1 saturated carbocycles. The minimum absolute atomic E-state index is 0.0767. The van der Waals surface area contributed by atoms with Gasteiger partial charge in [0.25, 0.3) is 0 Å². The SMILES string of the molecule is CC(=O)NC1(c2noc(CCC(=O)N3CCNCC3)n2)CCCCCC1. The van der Waals surface area contributed by atoms with E-state index >= 15 is 0 Å². The van der Waals surface area contributed by atoms with Crippen molar-refractivity contribution in [3.8, 4) is 0 Å². The fraction of sp³-hybridized carbons (Fsp3) is 0.778. The van der Waals surface area contributed by atoms with Crippen LogP contribution in [0.3, 0.4) is 0 Å². The molecule has 2 N–H and O–H groups in total. The van der Waals surface area contributed by atoms with Crippen molar-refractivity contribution in [2.45, 2.75) is 63.8 Å². The van der Waals surface area contributed by atoms with Gasteiger partial charge in [-0.1, -0.05) is 30.8 Å². The number of carbonyl (C=O) groups is 2. The Balaban J connectivity index is 1.64. The molecule has 0 unspecified atom stereocenters. The highest BCUT2D eigenvalue weighted by Gasteiger charge is 2.38. The van der Waals surface area contributed by atoms with Crippen LogP contribution in [0.1, 0.15) is 63.6 Å². The highest BCUT2D eigenvalue weighted by Crippen LogP contribution is 2.34. The van der Waals surface area contributed by atoms with E-state index < -0.39 is 5.54 Å². The van der Waals surface area contributed by atoms with E-state index in [0.29, 0.717) is 24.6 Å². The third-order valence-electron chi connectivity index (χ3n) is 5.29. The summed E-state index contributed by atoms with van der Waals surface area (Å²) in [6, 6.07) is 0. The fourth-order valence-corrected chi connectivity index (χ4v) is 3.91. The van der Waals surface area contributed by atoms with Crippen LogP contribution < -0.4 is 10.6 Å². The molecule has 2 amide bonds. The Morgan fingerprint density at radius 3 is 2.54 bits per heavy atom. The van der Waals surface area contributed by atoms with E-state index in [0.717, 1.165) is 64.7 Å². The number of amides is 2. The molecular weight excluding hydrogens is 334 g/mol. The van der Waals surface area contributed by atoms with E-state index in [1.54, 1.807) is 0 Å². The second-order valence-corrected chi connectivity index (χ2v) is 7.32. The maximum atomic E-state index is 12.3. The summed E-state index contributed by atoms with van der Waals surface area (Å²) in [7, 11) is 0. The maximum Gasteiger partial charge on any atom is 0.227 e. The fourth-order valence-electron chi connectivity index (χ4n) is 3.91. The zero-order valence-corrected chi connectivity index (χ0v) is 15.6. The molecular formula is C18H29N5O3. The highest BCUT2D eigenvalue weighted by atomic mass is 16.5. The number of hydrogen-bond donors (Lipinski definition) is 2. The molecule has 1 aromatic rings. The Bertz CT molecular complexity index is 616. The van der Waals surface area contributed by atoms with Gasteiger partial charge in [-0.15, -0.1) is 0 Å². The first-order chi connectivity index (χ1) is 12.6. The Morgan fingerprint density at radius 1 is 1.19 bits per heavy atom. The largest absolute Gasteiger partial charge is 0.343 e. The van der Waals surface area contributed by atoms with E-state index in [1.807, 2.05) is 4.90 Å². The number of hydrogen-bond acceptors (Lipinski definition) is 6. The zero-order valence-electron chi connectivity index (χ0n) is 15.6. The van der Waals surface area contributed by atoms with Crippen molar-refractivity contribution in [3.05, 3.63) is 11.7 Å². The van der Waals surface area contributed by atoms with Crippen LogP contribution in [0.2, 0.25) is 0 Å². The number of nitrogens with one attached hydrogen (secondary N) is 2. The van der Waals surface area contributed by atoms with Crippen LogP contribution in [0.25, 0.3) is 0 Å². The van der Waals surface area contributed by atoms with Gasteiger partial charge in [-0.3, -0.25) is 9.59 Å². The number of piperazine rings is 1. The van der Waals surface area contributed by atoms with Gasteiger partial charge in [-0.2, -0.15) is 4.98 Å². The second kappa shape index (κ2) is 8.62. The van der Waals surface area contributed by atoms with Crippen LogP contribution in [0, 0.1) is 0 Å². The van der Waals surface area contributed by atoms with Gasteiger partial charge in [0.2, 0.25) is 17.7 Å². The average Bonchev–Trinajstić information content (AvgIpc) is 3.00. The quantitative estimate of drug-likeness (QED) is 0.761. The average molecular weight is 363 g/mol. The Kier molecular flexibility index (Phi) is 6.24. The van der Waals surface area contributed by atoms with Crippen molar-refractivity contribution in [3.63, 3.8) is 0 Å². The molecule has 0 radical (unpaired) electrons. The summed E-state index contributed by atoms with van der Waals surface area (Å²) >= 11 is 0. The molecule has 2 aliphatic rings. The number of carbonyl (C=O) groups excluding carboxylic acids is 2. The molecule has 2 fully saturated rings. The Labute approximate surface area is 154 Å². The summed E-state index contributed by atoms with van der Waals surface area (Å²) in [5.41, 5.74) is -0.535. The maximum absolute atomic E-state index is 12.3. The van der Waals surface area contributed by atoms with E-state index in [1.165, 1.54) is 6.92 Å². The molecule has 0 atom stereocenters. The lowest BCUT2D eigenvalue weighted by Gasteiger charge is -2.30. The molecule has 1 aliphatic carbocycles. The van der Waals surface area contributed by atoms with Crippen LogP contribution in [0.5, 0.6) is 0 Å². The van der Waals surface area contributed by atoms with E-state index in [4.69, 9.17) is 4.52 Å². The van der Waals surface area contributed by atoms with Gasteiger partial charge < -0.3 is 20.1 Å². The van der Waals surface area contributed by atoms with Gasteiger partial charge in [0, 0.05) is 45.9 Å². The monoisotopic (exact) mass is 363 g/mol. The van der Waals surface area contributed by atoms with Crippen LogP contribution in [0.4, 0.5) is 0 Å². The lowest BCUT2D eigenvalue weighted by molar-refractivity contribution is -0.131. The van der Waals surface area contributed by atoms with Gasteiger partial charge in [-0.25, -0.2) is 0 Å². The summed E-state index contributed by atoms with van der Waals surface area (Å²) < 4.78 is 5.41. The second-order valence-electron chi connectivity index (χ2n) is 7.32. The first kappa shape index (κ1) is 18.8. The molecule has 1 aromatic heterocycles. The van der Waals surface area contributed by atoms with Crippen LogP contribution >= 0.6 is 0 Å². The topological polar surface area (TPSA) is 100 Å². The van der Waals surface area contributed by atoms with Gasteiger partial charge in [0.1, 0.15) is 5.54 Å². The van der Waals surface area contributed by atoms with Crippen molar-refractivity contribution >= 4 is 11.8 Å². The smallest absolute Gasteiger partial charge is 0.227 e. The van der Waals surface area contributed by atoms with Crippen LogP contribution in [-0.2, 0) is 21.5 Å². The van der Waals surface area contributed by atoms with Crippen molar-refractivity contribution in [2.75, 3.05) is 26.2 Å². The van der Waals surface area contributed by atoms with Crippen LogP contribution in [-0.4, -0.2) is 53.0 Å². The van der Waals surface area contributed by atoms with Crippen molar-refractivity contribution in [1.82, 2.24) is 25.7 Å². The summed E-state index contributed by atoms with van der Waals surface area (Å²) in [4.78, 5) is 30.4. The Hall–Kier alpha value is -1.96. The minimum Gasteiger partial charge on any atom is -0.343 e. The molecule has 0 bridgehead atoms. The number of rotatable bonds is 5. The molecule has 0 spiro atoms. The highest BCUT2D eigenvalue weighted by molar-refractivity contribution is 5.76. The van der Waals surface area contributed by atoms with Crippen molar-refractivity contribution < 1.29 is 14.1 Å². The molecule has 26 heavy (non-hydrogen) atoms. The van der Waals surface area contributed by atoms with E-state index in [9.17, 15) is 9.59 Å². The summed E-state index contributed by atoms with van der Waals surface area (Å²) in [5.74, 6) is 1.07. The van der Waals surface area contributed by atoms with Gasteiger partial charge in [0.05, 0.1) is 0 Å². The molecule has 8 nitrogen and oxygen atoms in total. The van der Waals surface area contributed by atoms with Crippen LogP contribution in [0.15, 0.2) is 4.52 Å².